The Labute approximate surface area is 131 Å². The van der Waals surface area contributed by atoms with Crippen molar-refractivity contribution in [2.24, 2.45) is 0 Å². The third-order valence-electron chi connectivity index (χ3n) is 3.70. The van der Waals surface area contributed by atoms with Gasteiger partial charge in [-0.1, -0.05) is 18.2 Å². The Morgan fingerprint density at radius 2 is 1.82 bits per heavy atom. The Morgan fingerprint density at radius 3 is 2.55 bits per heavy atom. The Morgan fingerprint density at radius 1 is 1.14 bits per heavy atom. The van der Waals surface area contributed by atoms with Crippen LogP contribution in [0.3, 0.4) is 0 Å². The number of rotatable bonds is 9. The van der Waals surface area contributed by atoms with Crippen molar-refractivity contribution in [3.8, 4) is 0 Å². The topological polar surface area (TPSA) is 58.8 Å². The van der Waals surface area contributed by atoms with Gasteiger partial charge in [-0.2, -0.15) is 4.58 Å². The summed E-state index contributed by atoms with van der Waals surface area (Å²) in [5.41, 5.74) is 2.64. The van der Waals surface area contributed by atoms with E-state index in [9.17, 15) is 4.79 Å². The van der Waals surface area contributed by atoms with Crippen molar-refractivity contribution >= 4 is 17.9 Å². The molecule has 1 aromatic carbocycles. The number of hydrogen-bond donors (Lipinski definition) is 1. The van der Waals surface area contributed by atoms with Crippen LogP contribution in [0.15, 0.2) is 24.3 Å². The molecule has 0 saturated heterocycles. The summed E-state index contributed by atoms with van der Waals surface area (Å²) >= 11 is 0. The molecule has 0 unspecified atom stereocenters. The van der Waals surface area contributed by atoms with Crippen LogP contribution in [0.1, 0.15) is 25.8 Å². The third kappa shape index (κ3) is 4.39. The van der Waals surface area contributed by atoms with Crippen LogP contribution in [-0.2, 0) is 19.7 Å². The van der Waals surface area contributed by atoms with Crippen molar-refractivity contribution in [3.05, 3.63) is 29.8 Å². The van der Waals surface area contributed by atoms with Crippen LogP contribution in [0.5, 0.6) is 0 Å². The Hall–Kier alpha value is -1.72. The first-order valence-electron chi connectivity index (χ1n) is 7.60. The number of aliphatic carboxylic acids is 1. The Kier molecular flexibility index (Phi) is 5.69. The third-order valence-corrected chi connectivity index (χ3v) is 3.70. The lowest BCUT2D eigenvalue weighted by Gasteiger charge is -2.09. The maximum atomic E-state index is 10.3. The van der Waals surface area contributed by atoms with E-state index in [1.54, 1.807) is 0 Å². The van der Waals surface area contributed by atoms with Crippen molar-refractivity contribution in [2.75, 3.05) is 33.0 Å². The summed E-state index contributed by atoms with van der Waals surface area (Å²) in [6.07, 6.45) is 2.28. The summed E-state index contributed by atoms with van der Waals surface area (Å²) in [5.74, 6) is -0.841. The fourth-order valence-electron chi connectivity index (χ4n) is 2.63. The first kappa shape index (κ1) is 16.6. The van der Waals surface area contributed by atoms with E-state index < -0.39 is 5.97 Å². The zero-order valence-corrected chi connectivity index (χ0v) is 13.2. The monoisotopic (exact) mass is 306 g/mol. The van der Waals surface area contributed by atoms with Gasteiger partial charge in [0.2, 0.25) is 5.69 Å². The van der Waals surface area contributed by atoms with Gasteiger partial charge in [-0.3, -0.25) is 4.79 Å². The molecule has 1 heterocycles. The number of fused-ring (bicyclic) bond motifs is 1. The Balaban J connectivity index is 1.69. The summed E-state index contributed by atoms with van der Waals surface area (Å²) < 4.78 is 13.0. The van der Waals surface area contributed by atoms with E-state index in [2.05, 4.69) is 48.9 Å². The van der Waals surface area contributed by atoms with E-state index in [-0.39, 0.29) is 18.4 Å². The molecule has 0 saturated carbocycles. The molecule has 5 nitrogen and oxygen atoms in total. The van der Waals surface area contributed by atoms with Gasteiger partial charge in [-0.05, 0) is 13.8 Å². The minimum absolute atomic E-state index is 0.0363. The highest BCUT2D eigenvalue weighted by molar-refractivity contribution is 5.76. The molecule has 0 aromatic heterocycles. The van der Waals surface area contributed by atoms with E-state index in [0.717, 1.165) is 6.54 Å². The lowest BCUT2D eigenvalue weighted by molar-refractivity contribution is -0.438. The first-order chi connectivity index (χ1) is 10.5. The van der Waals surface area contributed by atoms with Gasteiger partial charge in [0.25, 0.3) is 0 Å². The molecule has 0 fully saturated rings. The zero-order chi connectivity index (χ0) is 16.0. The minimum atomic E-state index is -0.841. The van der Waals surface area contributed by atoms with Crippen LogP contribution in [-0.4, -0.2) is 54.8 Å². The molecule has 1 aliphatic heterocycles. The molecule has 2 rings (SSSR count). The van der Waals surface area contributed by atoms with Gasteiger partial charge in [-0.25, -0.2) is 0 Å². The van der Waals surface area contributed by atoms with Crippen molar-refractivity contribution in [1.29, 1.82) is 0 Å². The molecule has 5 heteroatoms. The standard InChI is InChI=1S/C17H23NO4/c1-17(2)13-18(15-6-4-3-5-14(15)17)8-10-22-12-11-21-9-7-16(19)20/h3-6,13H,7-12H2,1-2H3/p+1. The number of carbonyl (C=O) groups is 1. The molecule has 0 atom stereocenters. The maximum absolute atomic E-state index is 10.3. The van der Waals surface area contributed by atoms with Gasteiger partial charge in [-0.15, -0.1) is 0 Å². The van der Waals surface area contributed by atoms with Gasteiger partial charge >= 0.3 is 5.97 Å². The molecule has 0 bridgehead atoms. The van der Waals surface area contributed by atoms with Crippen LogP contribution in [0, 0.1) is 0 Å². The average molecular weight is 306 g/mol. The second-order valence-corrected chi connectivity index (χ2v) is 5.93. The zero-order valence-electron chi connectivity index (χ0n) is 13.2. The number of carboxylic acid groups (broad SMARTS) is 1. The molecule has 0 aliphatic carbocycles. The highest BCUT2D eigenvalue weighted by Gasteiger charge is 2.36. The SMILES string of the molecule is CC1(C)C=[N+](CCOCCOCCC(=O)O)c2ccccc21. The highest BCUT2D eigenvalue weighted by Crippen LogP contribution is 2.35. The molecule has 0 radical (unpaired) electrons. The van der Waals surface area contributed by atoms with Gasteiger partial charge in [0, 0.05) is 11.6 Å². The van der Waals surface area contributed by atoms with Crippen molar-refractivity contribution < 1.29 is 24.0 Å². The first-order valence-corrected chi connectivity index (χ1v) is 7.60. The highest BCUT2D eigenvalue weighted by atomic mass is 16.5. The van der Waals surface area contributed by atoms with E-state index in [0.29, 0.717) is 19.8 Å². The minimum Gasteiger partial charge on any atom is -0.481 e. The van der Waals surface area contributed by atoms with Gasteiger partial charge < -0.3 is 14.6 Å². The van der Waals surface area contributed by atoms with Crippen LogP contribution in [0.25, 0.3) is 0 Å². The molecule has 0 amide bonds. The molecule has 1 N–H and O–H groups in total. The van der Waals surface area contributed by atoms with Gasteiger partial charge in [0.1, 0.15) is 6.61 Å². The van der Waals surface area contributed by atoms with Gasteiger partial charge in [0.05, 0.1) is 31.7 Å². The second kappa shape index (κ2) is 7.51. The number of ether oxygens (including phenoxy) is 2. The quantitative estimate of drug-likeness (QED) is 0.561. The summed E-state index contributed by atoms with van der Waals surface area (Å²) in [7, 11) is 0. The van der Waals surface area contributed by atoms with Crippen molar-refractivity contribution in [3.63, 3.8) is 0 Å². The number of nitrogens with zero attached hydrogens (tertiary/aromatic N) is 1. The number of para-hydroxylation sites is 1. The largest absolute Gasteiger partial charge is 0.481 e. The molecule has 22 heavy (non-hydrogen) atoms. The van der Waals surface area contributed by atoms with Crippen LogP contribution in [0.4, 0.5) is 5.69 Å². The van der Waals surface area contributed by atoms with E-state index in [1.807, 2.05) is 0 Å². The molecule has 1 aromatic rings. The maximum Gasteiger partial charge on any atom is 0.305 e. The Bertz CT molecular complexity index is 551. The normalized spacial score (nSPS) is 15.5. The molecular weight excluding hydrogens is 282 g/mol. The molecule has 1 aliphatic rings. The molecule has 0 spiro atoms. The van der Waals surface area contributed by atoms with Crippen LogP contribution in [0.2, 0.25) is 0 Å². The predicted octanol–water partition coefficient (Wildman–Crippen LogP) is 2.20. The average Bonchev–Trinajstić information content (AvgIpc) is 2.73. The molecular formula is C17H24NO4+. The van der Waals surface area contributed by atoms with Gasteiger partial charge in [0.15, 0.2) is 12.8 Å². The lowest BCUT2D eigenvalue weighted by Crippen LogP contribution is -2.19. The number of hydrogen-bond acceptors (Lipinski definition) is 3. The fourth-order valence-corrected chi connectivity index (χ4v) is 2.63. The van der Waals surface area contributed by atoms with E-state index in [4.69, 9.17) is 14.6 Å². The summed E-state index contributed by atoms with van der Waals surface area (Å²) in [5, 5.41) is 8.48. The van der Waals surface area contributed by atoms with E-state index >= 15 is 0 Å². The number of benzene rings is 1. The smallest absolute Gasteiger partial charge is 0.305 e. The second-order valence-electron chi connectivity index (χ2n) is 5.93. The predicted molar refractivity (Wildman–Crippen MR) is 84.2 cm³/mol. The summed E-state index contributed by atoms with van der Waals surface area (Å²) in [4.78, 5) is 10.3. The van der Waals surface area contributed by atoms with Crippen LogP contribution >= 0.6 is 0 Å². The van der Waals surface area contributed by atoms with Crippen molar-refractivity contribution in [2.45, 2.75) is 25.7 Å². The van der Waals surface area contributed by atoms with Crippen LogP contribution < -0.4 is 0 Å². The lowest BCUT2D eigenvalue weighted by atomic mass is 9.87. The summed E-state index contributed by atoms with van der Waals surface area (Å²) in [6, 6.07) is 8.43. The van der Waals surface area contributed by atoms with Crippen molar-refractivity contribution in [1.82, 2.24) is 0 Å². The fraction of sp³-hybridized carbons (Fsp3) is 0.529. The summed E-state index contributed by atoms with van der Waals surface area (Å²) in [6.45, 7) is 6.99. The molecule has 120 valence electrons. The number of carboxylic acids is 1. The van der Waals surface area contributed by atoms with E-state index in [1.165, 1.54) is 11.3 Å².